The predicted octanol–water partition coefficient (Wildman–Crippen LogP) is 1.53. The van der Waals surface area contributed by atoms with Crippen molar-refractivity contribution in [3.05, 3.63) is 34.9 Å². The number of imide groups is 1. The summed E-state index contributed by atoms with van der Waals surface area (Å²) in [4.78, 5) is 37.2. The summed E-state index contributed by atoms with van der Waals surface area (Å²) >= 11 is 0. The first-order valence-electron chi connectivity index (χ1n) is 8.14. The van der Waals surface area contributed by atoms with E-state index in [9.17, 15) is 19.5 Å². The highest BCUT2D eigenvalue weighted by Crippen LogP contribution is 2.36. The van der Waals surface area contributed by atoms with E-state index in [1.54, 1.807) is 6.07 Å². The van der Waals surface area contributed by atoms with E-state index < -0.39 is 18.2 Å². The van der Waals surface area contributed by atoms with Gasteiger partial charge in [-0.25, -0.2) is 0 Å². The van der Waals surface area contributed by atoms with E-state index in [-0.39, 0.29) is 30.1 Å². The van der Waals surface area contributed by atoms with Crippen molar-refractivity contribution in [2.24, 2.45) is 5.41 Å². The topological polar surface area (TPSA) is 86.7 Å². The molecule has 0 saturated carbocycles. The van der Waals surface area contributed by atoms with Crippen LogP contribution >= 0.6 is 0 Å². The number of aliphatic hydroxyl groups excluding tert-OH is 1. The molecule has 2 atom stereocenters. The molecule has 1 aromatic rings. The van der Waals surface area contributed by atoms with Gasteiger partial charge in [-0.3, -0.25) is 24.6 Å². The molecule has 6 heteroatoms. The van der Waals surface area contributed by atoms with E-state index in [4.69, 9.17) is 0 Å². The maximum atomic E-state index is 12.6. The molecule has 2 heterocycles. The minimum Gasteiger partial charge on any atom is -0.369 e. The molecule has 2 unspecified atom stereocenters. The summed E-state index contributed by atoms with van der Waals surface area (Å²) in [5.41, 5.74) is 2.08. The summed E-state index contributed by atoms with van der Waals surface area (Å²) in [5.74, 6) is -1.24. The fraction of sp³-hybridized carbons (Fsp3) is 0.500. The number of nitrogens with one attached hydrogen (secondary N) is 1. The number of carbonyl (C=O) groups excluding carboxylic acids is 3. The average molecular weight is 330 g/mol. The molecule has 6 nitrogen and oxygen atoms in total. The van der Waals surface area contributed by atoms with Gasteiger partial charge >= 0.3 is 0 Å². The Balaban J connectivity index is 1.89. The Labute approximate surface area is 140 Å². The first kappa shape index (κ1) is 16.6. The van der Waals surface area contributed by atoms with Crippen molar-refractivity contribution in [3.63, 3.8) is 0 Å². The molecule has 2 aliphatic heterocycles. The van der Waals surface area contributed by atoms with Gasteiger partial charge in [0.15, 0.2) is 6.23 Å². The van der Waals surface area contributed by atoms with E-state index in [0.29, 0.717) is 11.1 Å². The first-order valence-corrected chi connectivity index (χ1v) is 8.14. The van der Waals surface area contributed by atoms with Crippen LogP contribution in [0.3, 0.4) is 0 Å². The van der Waals surface area contributed by atoms with Crippen molar-refractivity contribution in [3.8, 4) is 0 Å². The third-order valence-corrected chi connectivity index (χ3v) is 4.40. The van der Waals surface area contributed by atoms with Crippen molar-refractivity contribution in [2.75, 3.05) is 0 Å². The quantitative estimate of drug-likeness (QED) is 0.805. The molecule has 0 aliphatic carbocycles. The third-order valence-electron chi connectivity index (χ3n) is 4.40. The number of nitrogens with zero attached hydrogens (tertiary/aromatic N) is 1. The summed E-state index contributed by atoms with van der Waals surface area (Å²) in [6, 6.07) is 4.63. The number of hydrogen-bond acceptors (Lipinski definition) is 4. The zero-order valence-electron chi connectivity index (χ0n) is 14.1. The molecule has 2 N–H and O–H groups in total. The Kier molecular flexibility index (Phi) is 3.95. The molecule has 24 heavy (non-hydrogen) atoms. The number of fused-ring (bicyclic) bond motifs is 1. The highest BCUT2D eigenvalue weighted by molar-refractivity contribution is 6.05. The van der Waals surface area contributed by atoms with Crippen LogP contribution in [0, 0.1) is 5.41 Å². The highest BCUT2D eigenvalue weighted by atomic mass is 16.3. The standard InChI is InChI=1S/C18H22N2O4/c1-18(2,3)9-10-4-5-11-12(8-10)17(24)20(16(11)23)13-6-7-14(21)19-15(13)22/h4-5,8,13,17,24H,6-7,9H2,1-3H3,(H,19,21,22). The van der Waals surface area contributed by atoms with Crippen molar-refractivity contribution in [1.29, 1.82) is 0 Å². The Bertz CT molecular complexity index is 720. The largest absolute Gasteiger partial charge is 0.369 e. The molecule has 0 spiro atoms. The van der Waals surface area contributed by atoms with Gasteiger partial charge in [0, 0.05) is 17.5 Å². The number of hydrogen-bond donors (Lipinski definition) is 2. The lowest BCUT2D eigenvalue weighted by atomic mass is 9.87. The van der Waals surface area contributed by atoms with Crippen molar-refractivity contribution in [1.82, 2.24) is 10.2 Å². The van der Waals surface area contributed by atoms with Crippen molar-refractivity contribution < 1.29 is 19.5 Å². The van der Waals surface area contributed by atoms with Crippen LogP contribution in [0.5, 0.6) is 0 Å². The van der Waals surface area contributed by atoms with Crippen LogP contribution in [0.25, 0.3) is 0 Å². The van der Waals surface area contributed by atoms with Crippen LogP contribution in [-0.2, 0) is 16.0 Å². The van der Waals surface area contributed by atoms with Crippen molar-refractivity contribution >= 4 is 17.7 Å². The fourth-order valence-electron chi connectivity index (χ4n) is 3.40. The number of aliphatic hydroxyl groups is 1. The molecule has 3 rings (SSSR count). The molecule has 0 bridgehead atoms. The second kappa shape index (κ2) is 5.70. The normalized spacial score (nSPS) is 24.2. The summed E-state index contributed by atoms with van der Waals surface area (Å²) in [5, 5.41) is 12.8. The molecule has 3 amide bonds. The van der Waals surface area contributed by atoms with Crippen LogP contribution in [-0.4, -0.2) is 33.8 Å². The summed E-state index contributed by atoms with van der Waals surface area (Å²) in [7, 11) is 0. The summed E-state index contributed by atoms with van der Waals surface area (Å²) < 4.78 is 0. The second-order valence-electron chi connectivity index (χ2n) is 7.71. The van der Waals surface area contributed by atoms with Gasteiger partial charge in [0.05, 0.1) is 0 Å². The Morgan fingerprint density at radius 1 is 1.25 bits per heavy atom. The third kappa shape index (κ3) is 2.94. The van der Waals surface area contributed by atoms with Crippen LogP contribution in [0.2, 0.25) is 0 Å². The minimum atomic E-state index is -1.16. The average Bonchev–Trinajstić information content (AvgIpc) is 2.70. The molecule has 128 valence electrons. The number of carbonyl (C=O) groups is 3. The predicted molar refractivity (Wildman–Crippen MR) is 86.9 cm³/mol. The zero-order chi connectivity index (χ0) is 17.6. The molecule has 0 aromatic heterocycles. The summed E-state index contributed by atoms with van der Waals surface area (Å²) in [6.07, 6.45) is 0.0606. The number of piperidine rings is 1. The van der Waals surface area contributed by atoms with Gasteiger partial charge < -0.3 is 5.11 Å². The van der Waals surface area contributed by atoms with Gasteiger partial charge in [-0.05, 0) is 29.9 Å². The van der Waals surface area contributed by atoms with E-state index in [0.717, 1.165) is 12.0 Å². The maximum Gasteiger partial charge on any atom is 0.257 e. The van der Waals surface area contributed by atoms with Gasteiger partial charge in [-0.2, -0.15) is 0 Å². The SMILES string of the molecule is CC(C)(C)Cc1ccc2c(c1)C(O)N(C1CCC(=O)NC1=O)C2=O. The Hall–Kier alpha value is -2.21. The monoisotopic (exact) mass is 330 g/mol. The van der Waals surface area contributed by atoms with Gasteiger partial charge in [0.2, 0.25) is 11.8 Å². The van der Waals surface area contributed by atoms with Gasteiger partial charge in [-0.1, -0.05) is 32.9 Å². The molecule has 2 aliphatic rings. The van der Waals surface area contributed by atoms with Gasteiger partial charge in [0.25, 0.3) is 5.91 Å². The second-order valence-corrected chi connectivity index (χ2v) is 7.71. The van der Waals surface area contributed by atoms with Crippen molar-refractivity contribution in [2.45, 2.75) is 52.3 Å². The fourth-order valence-corrected chi connectivity index (χ4v) is 3.40. The van der Waals surface area contributed by atoms with E-state index in [1.165, 1.54) is 4.90 Å². The number of rotatable bonds is 2. The minimum absolute atomic E-state index is 0.0884. The number of amides is 3. The Morgan fingerprint density at radius 2 is 1.96 bits per heavy atom. The van der Waals surface area contributed by atoms with E-state index in [2.05, 4.69) is 26.1 Å². The zero-order valence-corrected chi connectivity index (χ0v) is 14.1. The molecule has 1 saturated heterocycles. The lowest BCUT2D eigenvalue weighted by molar-refractivity contribution is -0.139. The lowest BCUT2D eigenvalue weighted by Crippen LogP contribution is -2.53. The first-order chi connectivity index (χ1) is 11.2. The van der Waals surface area contributed by atoms with Crippen LogP contribution in [0.1, 0.15) is 61.3 Å². The highest BCUT2D eigenvalue weighted by Gasteiger charge is 2.44. The molecule has 1 aromatic carbocycles. The lowest BCUT2D eigenvalue weighted by Gasteiger charge is -2.31. The van der Waals surface area contributed by atoms with Gasteiger partial charge in [0.1, 0.15) is 6.04 Å². The molecule has 1 fully saturated rings. The Morgan fingerprint density at radius 3 is 2.58 bits per heavy atom. The van der Waals surface area contributed by atoms with Crippen LogP contribution < -0.4 is 5.32 Å². The van der Waals surface area contributed by atoms with Crippen LogP contribution in [0.15, 0.2) is 18.2 Å². The summed E-state index contributed by atoms with van der Waals surface area (Å²) in [6.45, 7) is 6.37. The smallest absolute Gasteiger partial charge is 0.257 e. The number of benzene rings is 1. The molecule has 0 radical (unpaired) electrons. The van der Waals surface area contributed by atoms with Gasteiger partial charge in [-0.15, -0.1) is 0 Å². The maximum absolute atomic E-state index is 12.6. The molecular formula is C18H22N2O4. The molecular weight excluding hydrogens is 308 g/mol. The van der Waals surface area contributed by atoms with E-state index in [1.807, 2.05) is 12.1 Å². The van der Waals surface area contributed by atoms with E-state index >= 15 is 0 Å². The van der Waals surface area contributed by atoms with Crippen LogP contribution in [0.4, 0.5) is 0 Å².